The number of nitrogens with one attached hydrogen (secondary N) is 1. The Morgan fingerprint density at radius 2 is 2.46 bits per heavy atom. The van der Waals surface area contributed by atoms with Crippen molar-refractivity contribution < 1.29 is 9.84 Å². The van der Waals surface area contributed by atoms with Gasteiger partial charge in [-0.25, -0.2) is 0 Å². The second-order valence-electron chi connectivity index (χ2n) is 3.13. The van der Waals surface area contributed by atoms with Gasteiger partial charge < -0.3 is 15.2 Å². The SMILES string of the molecule is Oc1cncc(OC[C@H]2CCN2)c1. The van der Waals surface area contributed by atoms with Crippen molar-refractivity contribution in [3.05, 3.63) is 18.5 Å². The van der Waals surface area contributed by atoms with Crippen molar-refractivity contribution in [1.82, 2.24) is 10.3 Å². The molecule has 0 unspecified atom stereocenters. The number of aromatic hydroxyl groups is 1. The molecule has 1 aliphatic heterocycles. The molecule has 2 N–H and O–H groups in total. The van der Waals surface area contributed by atoms with Crippen LogP contribution in [-0.4, -0.2) is 29.3 Å². The van der Waals surface area contributed by atoms with Crippen molar-refractivity contribution in [1.29, 1.82) is 0 Å². The topological polar surface area (TPSA) is 54.4 Å². The summed E-state index contributed by atoms with van der Waals surface area (Å²) in [6.07, 6.45) is 4.14. The van der Waals surface area contributed by atoms with E-state index in [2.05, 4.69) is 10.3 Å². The van der Waals surface area contributed by atoms with E-state index in [0.29, 0.717) is 18.4 Å². The summed E-state index contributed by atoms with van der Waals surface area (Å²) in [6.45, 7) is 1.72. The summed E-state index contributed by atoms with van der Waals surface area (Å²) in [4.78, 5) is 3.81. The molecule has 70 valence electrons. The second kappa shape index (κ2) is 3.62. The molecule has 13 heavy (non-hydrogen) atoms. The third-order valence-corrected chi connectivity index (χ3v) is 2.08. The zero-order chi connectivity index (χ0) is 9.10. The fraction of sp³-hybridized carbons (Fsp3) is 0.444. The number of hydrogen-bond donors (Lipinski definition) is 2. The number of nitrogens with zero attached hydrogens (tertiary/aromatic N) is 1. The molecule has 2 heterocycles. The van der Waals surface area contributed by atoms with Gasteiger partial charge in [-0.15, -0.1) is 0 Å². The van der Waals surface area contributed by atoms with Crippen LogP contribution in [0.15, 0.2) is 18.5 Å². The Bertz CT molecular complexity index is 287. The number of hydrogen-bond acceptors (Lipinski definition) is 4. The molecule has 1 aliphatic rings. The van der Waals surface area contributed by atoms with Crippen LogP contribution in [0.3, 0.4) is 0 Å². The first-order valence-electron chi connectivity index (χ1n) is 4.35. The molecule has 0 radical (unpaired) electrons. The Hall–Kier alpha value is -1.29. The fourth-order valence-corrected chi connectivity index (χ4v) is 1.17. The number of rotatable bonds is 3. The average molecular weight is 180 g/mol. The maximum atomic E-state index is 9.09. The first-order chi connectivity index (χ1) is 6.34. The van der Waals surface area contributed by atoms with Gasteiger partial charge >= 0.3 is 0 Å². The van der Waals surface area contributed by atoms with Gasteiger partial charge in [-0.2, -0.15) is 0 Å². The van der Waals surface area contributed by atoms with Gasteiger partial charge in [0.2, 0.25) is 0 Å². The van der Waals surface area contributed by atoms with E-state index in [0.717, 1.165) is 13.0 Å². The summed E-state index contributed by atoms with van der Waals surface area (Å²) < 4.78 is 5.41. The summed E-state index contributed by atoms with van der Waals surface area (Å²) in [5, 5.41) is 12.3. The van der Waals surface area contributed by atoms with Crippen LogP contribution in [0.5, 0.6) is 11.5 Å². The highest BCUT2D eigenvalue weighted by atomic mass is 16.5. The van der Waals surface area contributed by atoms with Crippen LogP contribution in [0.2, 0.25) is 0 Å². The molecule has 0 aromatic carbocycles. The maximum absolute atomic E-state index is 9.09. The summed E-state index contributed by atoms with van der Waals surface area (Å²) >= 11 is 0. The van der Waals surface area contributed by atoms with Crippen molar-refractivity contribution in [2.24, 2.45) is 0 Å². The van der Waals surface area contributed by atoms with Crippen molar-refractivity contribution >= 4 is 0 Å². The molecule has 2 rings (SSSR count). The molecule has 4 nitrogen and oxygen atoms in total. The Labute approximate surface area is 76.6 Å². The lowest BCUT2D eigenvalue weighted by Gasteiger charge is -2.27. The van der Waals surface area contributed by atoms with Gasteiger partial charge in [-0.05, 0) is 13.0 Å². The minimum Gasteiger partial charge on any atom is -0.506 e. The molecule has 0 spiro atoms. The van der Waals surface area contributed by atoms with Gasteiger partial charge in [0.05, 0.1) is 12.4 Å². The van der Waals surface area contributed by atoms with Crippen LogP contribution < -0.4 is 10.1 Å². The highest BCUT2D eigenvalue weighted by Gasteiger charge is 2.16. The summed E-state index contributed by atoms with van der Waals surface area (Å²) in [7, 11) is 0. The number of ether oxygens (including phenoxy) is 1. The van der Waals surface area contributed by atoms with E-state index >= 15 is 0 Å². The lowest BCUT2D eigenvalue weighted by Crippen LogP contribution is -2.46. The minimum absolute atomic E-state index is 0.138. The van der Waals surface area contributed by atoms with Crippen molar-refractivity contribution in [3.63, 3.8) is 0 Å². The largest absolute Gasteiger partial charge is 0.506 e. The monoisotopic (exact) mass is 180 g/mol. The zero-order valence-corrected chi connectivity index (χ0v) is 7.23. The zero-order valence-electron chi connectivity index (χ0n) is 7.23. The van der Waals surface area contributed by atoms with E-state index in [1.165, 1.54) is 6.20 Å². The number of pyridine rings is 1. The first-order valence-corrected chi connectivity index (χ1v) is 4.35. The molecule has 1 fully saturated rings. The molecule has 1 aromatic heterocycles. The van der Waals surface area contributed by atoms with Gasteiger partial charge in [0.15, 0.2) is 0 Å². The molecule has 1 saturated heterocycles. The second-order valence-corrected chi connectivity index (χ2v) is 3.13. The van der Waals surface area contributed by atoms with Gasteiger partial charge in [-0.3, -0.25) is 4.98 Å². The minimum atomic E-state index is 0.138. The molecule has 1 atom stereocenters. The normalized spacial score (nSPS) is 20.8. The highest BCUT2D eigenvalue weighted by molar-refractivity contribution is 5.26. The van der Waals surface area contributed by atoms with Gasteiger partial charge in [0.1, 0.15) is 18.1 Å². The van der Waals surface area contributed by atoms with Crippen molar-refractivity contribution in [2.75, 3.05) is 13.2 Å². The number of aromatic nitrogens is 1. The predicted molar refractivity (Wildman–Crippen MR) is 47.8 cm³/mol. The standard InChI is InChI=1S/C9H12N2O2/c12-8-3-9(5-10-4-8)13-6-7-1-2-11-7/h3-5,7,11-12H,1-2,6H2/t7-/m1/s1. The third-order valence-electron chi connectivity index (χ3n) is 2.08. The maximum Gasteiger partial charge on any atom is 0.141 e. The van der Waals surface area contributed by atoms with E-state index < -0.39 is 0 Å². The third kappa shape index (κ3) is 2.09. The Kier molecular flexibility index (Phi) is 2.31. The summed E-state index contributed by atoms with van der Waals surface area (Å²) in [5.74, 6) is 0.757. The quantitative estimate of drug-likeness (QED) is 0.712. The van der Waals surface area contributed by atoms with Crippen LogP contribution in [0.1, 0.15) is 6.42 Å². The molecule has 4 heteroatoms. The Morgan fingerprint density at radius 1 is 1.62 bits per heavy atom. The smallest absolute Gasteiger partial charge is 0.141 e. The first kappa shape index (κ1) is 8.31. The van der Waals surface area contributed by atoms with Crippen LogP contribution in [0, 0.1) is 0 Å². The van der Waals surface area contributed by atoms with Crippen molar-refractivity contribution in [2.45, 2.75) is 12.5 Å². The van der Waals surface area contributed by atoms with Crippen molar-refractivity contribution in [3.8, 4) is 11.5 Å². The molecular weight excluding hydrogens is 168 g/mol. The molecule has 0 aliphatic carbocycles. The fourth-order valence-electron chi connectivity index (χ4n) is 1.17. The molecule has 0 bridgehead atoms. The Balaban J connectivity index is 1.86. The van der Waals surface area contributed by atoms with Crippen LogP contribution in [0.4, 0.5) is 0 Å². The van der Waals surface area contributed by atoms with E-state index in [1.807, 2.05) is 0 Å². The van der Waals surface area contributed by atoms with E-state index in [9.17, 15) is 0 Å². The molecular formula is C9H12N2O2. The molecule has 0 saturated carbocycles. The average Bonchev–Trinajstić information content (AvgIpc) is 2.01. The summed E-state index contributed by atoms with van der Waals surface area (Å²) in [6, 6.07) is 2.02. The highest BCUT2D eigenvalue weighted by Crippen LogP contribution is 2.16. The predicted octanol–water partition coefficient (Wildman–Crippen LogP) is 0.528. The Morgan fingerprint density at radius 3 is 3.08 bits per heavy atom. The van der Waals surface area contributed by atoms with E-state index in [4.69, 9.17) is 9.84 Å². The molecule has 1 aromatic rings. The van der Waals surface area contributed by atoms with Gasteiger partial charge in [0.25, 0.3) is 0 Å². The van der Waals surface area contributed by atoms with Crippen LogP contribution in [-0.2, 0) is 0 Å². The van der Waals surface area contributed by atoms with Crippen LogP contribution in [0.25, 0.3) is 0 Å². The van der Waals surface area contributed by atoms with Crippen LogP contribution >= 0.6 is 0 Å². The van der Waals surface area contributed by atoms with Gasteiger partial charge in [-0.1, -0.05) is 0 Å². The lowest BCUT2D eigenvalue weighted by atomic mass is 10.1. The van der Waals surface area contributed by atoms with Gasteiger partial charge in [0, 0.05) is 12.1 Å². The molecule has 0 amide bonds. The summed E-state index contributed by atoms with van der Waals surface area (Å²) in [5.41, 5.74) is 0. The lowest BCUT2D eigenvalue weighted by molar-refractivity contribution is 0.216. The van der Waals surface area contributed by atoms with E-state index in [-0.39, 0.29) is 5.75 Å². The van der Waals surface area contributed by atoms with E-state index in [1.54, 1.807) is 12.3 Å².